The van der Waals surface area contributed by atoms with Gasteiger partial charge in [-0.1, -0.05) is 23.8 Å². The number of aromatic nitrogens is 1. The number of carbonyl (C=O) groups is 1. The summed E-state index contributed by atoms with van der Waals surface area (Å²) >= 11 is 1.33. The van der Waals surface area contributed by atoms with Gasteiger partial charge in [0.25, 0.3) is 15.9 Å². The number of hydrogen-bond donors (Lipinski definition) is 2. The lowest BCUT2D eigenvalue weighted by Gasteiger charge is -2.10. The molecule has 0 atom stereocenters. The van der Waals surface area contributed by atoms with Crippen molar-refractivity contribution in [3.63, 3.8) is 0 Å². The van der Waals surface area contributed by atoms with Gasteiger partial charge in [-0.3, -0.25) is 14.8 Å². The SMILES string of the molecule is COc1ccc(S(=O)(=O)Nc2cccc(C(=O)Nc3nc(-c4cc(C)ccc4C)cs3)c2)cc1. The highest BCUT2D eigenvalue weighted by molar-refractivity contribution is 7.92. The number of sulfonamides is 1. The van der Waals surface area contributed by atoms with Crippen molar-refractivity contribution in [1.29, 1.82) is 0 Å². The number of anilines is 2. The molecule has 0 aliphatic rings. The predicted molar refractivity (Wildman–Crippen MR) is 135 cm³/mol. The molecule has 0 aliphatic heterocycles. The van der Waals surface area contributed by atoms with Crippen LogP contribution in [0.4, 0.5) is 10.8 Å². The number of benzene rings is 3. The molecule has 34 heavy (non-hydrogen) atoms. The molecule has 0 spiro atoms. The minimum atomic E-state index is -3.82. The number of nitrogens with one attached hydrogen (secondary N) is 2. The minimum Gasteiger partial charge on any atom is -0.497 e. The molecule has 0 aliphatic carbocycles. The summed E-state index contributed by atoms with van der Waals surface area (Å²) in [6.45, 7) is 4.04. The van der Waals surface area contributed by atoms with Crippen molar-refractivity contribution in [3.05, 3.63) is 88.8 Å². The van der Waals surface area contributed by atoms with Gasteiger partial charge in [-0.25, -0.2) is 13.4 Å². The van der Waals surface area contributed by atoms with Crippen LogP contribution in [-0.2, 0) is 10.0 Å². The molecule has 174 valence electrons. The monoisotopic (exact) mass is 493 g/mol. The van der Waals surface area contributed by atoms with Crippen LogP contribution in [0.2, 0.25) is 0 Å². The predicted octanol–water partition coefficient (Wildman–Crippen LogP) is 5.49. The first-order chi connectivity index (χ1) is 16.2. The third kappa shape index (κ3) is 5.27. The summed E-state index contributed by atoms with van der Waals surface area (Å²) in [6, 6.07) is 18.5. The van der Waals surface area contributed by atoms with Crippen molar-refractivity contribution in [2.45, 2.75) is 18.7 Å². The number of carbonyl (C=O) groups excluding carboxylic acids is 1. The molecule has 9 heteroatoms. The Kier molecular flexibility index (Phi) is 6.67. The van der Waals surface area contributed by atoms with E-state index in [0.29, 0.717) is 16.4 Å². The quantitative estimate of drug-likeness (QED) is 0.355. The first kappa shape index (κ1) is 23.5. The third-order valence-electron chi connectivity index (χ3n) is 5.14. The molecule has 7 nitrogen and oxygen atoms in total. The van der Waals surface area contributed by atoms with Gasteiger partial charge in [-0.05, 0) is 67.9 Å². The zero-order chi connectivity index (χ0) is 24.3. The molecular formula is C25H23N3O4S2. The van der Waals surface area contributed by atoms with Gasteiger partial charge in [0.05, 0.1) is 17.7 Å². The Hall–Kier alpha value is -3.69. The lowest BCUT2D eigenvalue weighted by atomic mass is 10.0. The maximum Gasteiger partial charge on any atom is 0.261 e. The molecule has 0 radical (unpaired) electrons. The second-order valence-electron chi connectivity index (χ2n) is 7.67. The van der Waals surface area contributed by atoms with Gasteiger partial charge in [0.15, 0.2) is 5.13 Å². The van der Waals surface area contributed by atoms with Crippen LogP contribution in [0, 0.1) is 13.8 Å². The second kappa shape index (κ2) is 9.66. The molecule has 0 bridgehead atoms. The fraction of sp³-hybridized carbons (Fsp3) is 0.120. The molecule has 4 rings (SSSR count). The molecule has 0 saturated carbocycles. The van der Waals surface area contributed by atoms with Crippen LogP contribution in [-0.4, -0.2) is 26.4 Å². The van der Waals surface area contributed by atoms with Gasteiger partial charge in [-0.2, -0.15) is 0 Å². The fourth-order valence-electron chi connectivity index (χ4n) is 3.33. The highest BCUT2D eigenvalue weighted by Gasteiger charge is 2.16. The lowest BCUT2D eigenvalue weighted by Crippen LogP contribution is -2.15. The van der Waals surface area contributed by atoms with E-state index >= 15 is 0 Å². The number of ether oxygens (including phenoxy) is 1. The summed E-state index contributed by atoms with van der Waals surface area (Å²) in [5.41, 5.74) is 4.63. The Bertz CT molecular complexity index is 1450. The Morgan fingerprint density at radius 1 is 1.00 bits per heavy atom. The van der Waals surface area contributed by atoms with Gasteiger partial charge in [0.2, 0.25) is 0 Å². The van der Waals surface area contributed by atoms with Crippen molar-refractivity contribution in [2.24, 2.45) is 0 Å². The molecule has 0 fully saturated rings. The number of rotatable bonds is 7. The van der Waals surface area contributed by atoms with Gasteiger partial charge in [0.1, 0.15) is 5.75 Å². The fourth-order valence-corrected chi connectivity index (χ4v) is 5.08. The third-order valence-corrected chi connectivity index (χ3v) is 7.30. The van der Waals surface area contributed by atoms with Gasteiger partial charge in [0, 0.05) is 22.2 Å². The summed E-state index contributed by atoms with van der Waals surface area (Å²) in [5.74, 6) is 0.174. The lowest BCUT2D eigenvalue weighted by molar-refractivity contribution is 0.102. The van der Waals surface area contributed by atoms with E-state index in [-0.39, 0.29) is 16.5 Å². The Morgan fingerprint density at radius 2 is 1.76 bits per heavy atom. The van der Waals surface area contributed by atoms with Crippen molar-refractivity contribution in [3.8, 4) is 17.0 Å². The van der Waals surface area contributed by atoms with E-state index in [2.05, 4.69) is 21.1 Å². The molecule has 1 amide bonds. The summed E-state index contributed by atoms with van der Waals surface area (Å²) in [7, 11) is -2.31. The van der Waals surface area contributed by atoms with E-state index in [9.17, 15) is 13.2 Å². The van der Waals surface area contributed by atoms with Crippen molar-refractivity contribution in [2.75, 3.05) is 17.1 Å². The van der Waals surface area contributed by atoms with Gasteiger partial charge < -0.3 is 4.74 Å². The maximum absolute atomic E-state index is 12.8. The Labute approximate surface area is 202 Å². The van der Waals surface area contributed by atoms with Crippen molar-refractivity contribution < 1.29 is 17.9 Å². The highest BCUT2D eigenvalue weighted by Crippen LogP contribution is 2.28. The molecule has 2 N–H and O–H groups in total. The van der Waals surface area contributed by atoms with Crippen LogP contribution in [0.15, 0.2) is 77.0 Å². The van der Waals surface area contributed by atoms with Crippen LogP contribution in [0.3, 0.4) is 0 Å². The summed E-state index contributed by atoms with van der Waals surface area (Å²) in [5, 5.41) is 5.16. The first-order valence-corrected chi connectivity index (χ1v) is 12.7. The number of amides is 1. The number of thiazole rings is 1. The zero-order valence-corrected chi connectivity index (χ0v) is 20.5. The second-order valence-corrected chi connectivity index (χ2v) is 10.2. The van der Waals surface area contributed by atoms with Crippen LogP contribution >= 0.6 is 11.3 Å². The summed E-state index contributed by atoms with van der Waals surface area (Å²) in [4.78, 5) is 17.4. The maximum atomic E-state index is 12.8. The van der Waals surface area contributed by atoms with Gasteiger partial charge in [-0.15, -0.1) is 11.3 Å². The molecular weight excluding hydrogens is 470 g/mol. The smallest absolute Gasteiger partial charge is 0.261 e. The van der Waals surface area contributed by atoms with Crippen LogP contribution in [0.25, 0.3) is 11.3 Å². The Morgan fingerprint density at radius 3 is 2.50 bits per heavy atom. The molecule has 4 aromatic rings. The molecule has 1 aromatic heterocycles. The van der Waals surface area contributed by atoms with E-state index < -0.39 is 10.0 Å². The summed E-state index contributed by atoms with van der Waals surface area (Å²) < 4.78 is 33.0. The van der Waals surface area contributed by atoms with Crippen LogP contribution in [0.1, 0.15) is 21.5 Å². The topological polar surface area (TPSA) is 97.4 Å². The Balaban J connectivity index is 1.49. The highest BCUT2D eigenvalue weighted by atomic mass is 32.2. The van der Waals surface area contributed by atoms with Crippen molar-refractivity contribution >= 4 is 38.1 Å². The van der Waals surface area contributed by atoms with Crippen LogP contribution in [0.5, 0.6) is 5.75 Å². The number of aryl methyl sites for hydroxylation is 2. The minimum absolute atomic E-state index is 0.0879. The summed E-state index contributed by atoms with van der Waals surface area (Å²) in [6.07, 6.45) is 0. The number of hydrogen-bond acceptors (Lipinski definition) is 6. The first-order valence-electron chi connectivity index (χ1n) is 10.4. The average Bonchev–Trinajstić information content (AvgIpc) is 3.28. The number of nitrogens with zero attached hydrogens (tertiary/aromatic N) is 1. The van der Waals surface area contributed by atoms with Crippen LogP contribution < -0.4 is 14.8 Å². The molecule has 1 heterocycles. The zero-order valence-electron chi connectivity index (χ0n) is 18.8. The van der Waals surface area contributed by atoms with E-state index in [1.807, 2.05) is 31.4 Å². The molecule has 0 saturated heterocycles. The average molecular weight is 494 g/mol. The largest absolute Gasteiger partial charge is 0.497 e. The number of methoxy groups -OCH3 is 1. The normalized spacial score (nSPS) is 11.1. The standard InChI is InChI=1S/C25H23N3O4S2/c1-16-7-8-17(2)22(13-16)23-15-33-25(26-23)27-24(29)18-5-4-6-19(14-18)28-34(30,31)21-11-9-20(32-3)10-12-21/h4-15,28H,1-3H3,(H,26,27,29). The molecule has 0 unspecified atom stereocenters. The van der Waals surface area contributed by atoms with E-state index in [0.717, 1.165) is 22.4 Å². The van der Waals surface area contributed by atoms with Gasteiger partial charge >= 0.3 is 0 Å². The van der Waals surface area contributed by atoms with E-state index in [1.165, 1.54) is 36.6 Å². The van der Waals surface area contributed by atoms with E-state index in [1.54, 1.807) is 30.3 Å². The van der Waals surface area contributed by atoms with E-state index in [4.69, 9.17) is 4.74 Å². The molecule has 3 aromatic carbocycles. The van der Waals surface area contributed by atoms with Crippen molar-refractivity contribution in [1.82, 2.24) is 4.98 Å².